The maximum Gasteiger partial charge on any atom is 0.171 e. The highest BCUT2D eigenvalue weighted by atomic mass is 35.5. The van der Waals surface area contributed by atoms with Gasteiger partial charge in [-0.15, -0.1) is 0 Å². The lowest BCUT2D eigenvalue weighted by Gasteiger charge is -2.09. The summed E-state index contributed by atoms with van der Waals surface area (Å²) in [5.74, 6) is 1.33. The molecule has 0 saturated carbocycles. The molecule has 2 aromatic rings. The molecule has 0 heterocycles. The maximum atomic E-state index is 8.64. The van der Waals surface area contributed by atoms with E-state index >= 15 is 0 Å². The number of oxime groups is 1. The predicted octanol–water partition coefficient (Wildman–Crippen LogP) is 3.02. The van der Waals surface area contributed by atoms with Gasteiger partial charge < -0.3 is 20.4 Å². The number of nitrogens with zero attached hydrogens (tertiary/aromatic N) is 1. The van der Waals surface area contributed by atoms with E-state index in [-0.39, 0.29) is 5.84 Å². The predicted molar refractivity (Wildman–Crippen MR) is 81.3 cm³/mol. The Morgan fingerprint density at radius 2 is 2.05 bits per heavy atom. The zero-order valence-corrected chi connectivity index (χ0v) is 12.2. The molecule has 0 aliphatic carbocycles. The lowest BCUT2D eigenvalue weighted by atomic mass is 10.2. The van der Waals surface area contributed by atoms with Gasteiger partial charge in [-0.2, -0.15) is 0 Å². The Morgan fingerprint density at radius 1 is 1.24 bits per heavy atom. The second-order valence-corrected chi connectivity index (χ2v) is 4.67. The Balaban J connectivity index is 2.08. The van der Waals surface area contributed by atoms with Crippen LogP contribution in [0.15, 0.2) is 47.6 Å². The van der Waals surface area contributed by atoms with Gasteiger partial charge in [0.25, 0.3) is 0 Å². The highest BCUT2D eigenvalue weighted by Crippen LogP contribution is 2.23. The van der Waals surface area contributed by atoms with E-state index in [2.05, 4.69) is 5.16 Å². The van der Waals surface area contributed by atoms with Crippen LogP contribution in [0.3, 0.4) is 0 Å². The number of hydrogen-bond acceptors (Lipinski definition) is 4. The summed E-state index contributed by atoms with van der Waals surface area (Å²) in [6.07, 6.45) is 0. The van der Waals surface area contributed by atoms with Crippen LogP contribution in [0.1, 0.15) is 11.1 Å². The molecule has 2 rings (SSSR count). The van der Waals surface area contributed by atoms with Crippen LogP contribution in [-0.4, -0.2) is 18.2 Å². The van der Waals surface area contributed by atoms with Crippen molar-refractivity contribution in [2.75, 3.05) is 7.11 Å². The Hall–Kier alpha value is -2.40. The van der Waals surface area contributed by atoms with E-state index in [1.807, 2.05) is 24.3 Å². The first kappa shape index (κ1) is 15.0. The number of hydrogen-bond donors (Lipinski definition) is 2. The SMILES string of the molecule is COc1cccc(COc2ccc(C(N)=NO)c(Cl)c2)c1. The third-order valence-corrected chi connectivity index (χ3v) is 3.18. The minimum atomic E-state index is -0.0423. The fourth-order valence-corrected chi connectivity index (χ4v) is 2.04. The van der Waals surface area contributed by atoms with Gasteiger partial charge in [-0.3, -0.25) is 0 Å². The van der Waals surface area contributed by atoms with E-state index in [1.165, 1.54) is 0 Å². The van der Waals surface area contributed by atoms with Crippen molar-refractivity contribution in [1.82, 2.24) is 0 Å². The number of ether oxygens (including phenoxy) is 2. The Bertz CT molecular complexity index is 659. The number of nitrogens with two attached hydrogens (primary N) is 1. The van der Waals surface area contributed by atoms with E-state index in [4.69, 9.17) is 32.0 Å². The Labute approximate surface area is 127 Å². The highest BCUT2D eigenvalue weighted by Gasteiger charge is 2.07. The van der Waals surface area contributed by atoms with Gasteiger partial charge in [0.05, 0.1) is 12.1 Å². The minimum absolute atomic E-state index is 0.0423. The molecule has 0 aliphatic heterocycles. The van der Waals surface area contributed by atoms with Gasteiger partial charge in [-0.25, -0.2) is 0 Å². The van der Waals surface area contributed by atoms with E-state index in [1.54, 1.807) is 25.3 Å². The van der Waals surface area contributed by atoms with E-state index in [0.717, 1.165) is 11.3 Å². The third-order valence-electron chi connectivity index (χ3n) is 2.86. The molecule has 21 heavy (non-hydrogen) atoms. The van der Waals surface area contributed by atoms with Crippen molar-refractivity contribution in [2.45, 2.75) is 6.61 Å². The Kier molecular flexibility index (Phi) is 4.90. The van der Waals surface area contributed by atoms with Gasteiger partial charge in [-0.05, 0) is 35.9 Å². The van der Waals surface area contributed by atoms with Crippen LogP contribution in [-0.2, 0) is 6.61 Å². The van der Waals surface area contributed by atoms with Gasteiger partial charge in [-0.1, -0.05) is 28.9 Å². The van der Waals surface area contributed by atoms with Crippen molar-refractivity contribution >= 4 is 17.4 Å². The largest absolute Gasteiger partial charge is 0.497 e. The molecule has 0 radical (unpaired) electrons. The molecule has 6 heteroatoms. The summed E-state index contributed by atoms with van der Waals surface area (Å²) in [6, 6.07) is 12.6. The third kappa shape index (κ3) is 3.79. The van der Waals surface area contributed by atoms with Gasteiger partial charge in [0.15, 0.2) is 5.84 Å². The molecule has 0 aliphatic rings. The van der Waals surface area contributed by atoms with Gasteiger partial charge >= 0.3 is 0 Å². The smallest absolute Gasteiger partial charge is 0.171 e. The first-order valence-corrected chi connectivity index (χ1v) is 6.55. The fourth-order valence-electron chi connectivity index (χ4n) is 1.78. The number of halogens is 1. The average molecular weight is 307 g/mol. The first-order valence-electron chi connectivity index (χ1n) is 6.17. The average Bonchev–Trinajstić information content (AvgIpc) is 2.52. The molecule has 0 spiro atoms. The van der Waals surface area contributed by atoms with Gasteiger partial charge in [0.2, 0.25) is 0 Å². The molecule has 110 valence electrons. The van der Waals surface area contributed by atoms with Crippen LogP contribution in [0, 0.1) is 0 Å². The number of rotatable bonds is 5. The first-order chi connectivity index (χ1) is 10.1. The molecule has 0 saturated heterocycles. The molecule has 0 unspecified atom stereocenters. The zero-order valence-electron chi connectivity index (χ0n) is 11.4. The van der Waals surface area contributed by atoms with Crippen LogP contribution < -0.4 is 15.2 Å². The van der Waals surface area contributed by atoms with Crippen LogP contribution >= 0.6 is 11.6 Å². The molecule has 3 N–H and O–H groups in total. The van der Waals surface area contributed by atoms with E-state index in [9.17, 15) is 0 Å². The van der Waals surface area contributed by atoms with E-state index in [0.29, 0.717) is 22.9 Å². The van der Waals surface area contributed by atoms with Crippen molar-refractivity contribution < 1.29 is 14.7 Å². The summed E-state index contributed by atoms with van der Waals surface area (Å²) in [5.41, 5.74) is 6.93. The highest BCUT2D eigenvalue weighted by molar-refractivity contribution is 6.34. The molecule has 5 nitrogen and oxygen atoms in total. The molecular weight excluding hydrogens is 292 g/mol. The summed E-state index contributed by atoms with van der Waals surface area (Å²) in [4.78, 5) is 0. The maximum absolute atomic E-state index is 8.64. The van der Waals surface area contributed by atoms with Crippen molar-refractivity contribution in [1.29, 1.82) is 0 Å². The molecule has 0 aromatic heterocycles. The van der Waals surface area contributed by atoms with Crippen LogP contribution in [0.25, 0.3) is 0 Å². The van der Waals surface area contributed by atoms with Gasteiger partial charge in [0, 0.05) is 5.56 Å². The second-order valence-electron chi connectivity index (χ2n) is 4.27. The fraction of sp³-hybridized carbons (Fsp3) is 0.133. The van der Waals surface area contributed by atoms with Crippen LogP contribution in [0.4, 0.5) is 0 Å². The monoisotopic (exact) mass is 306 g/mol. The summed E-state index contributed by atoms with van der Waals surface area (Å²) >= 11 is 6.06. The van der Waals surface area contributed by atoms with Crippen LogP contribution in [0.2, 0.25) is 5.02 Å². The molecule has 0 amide bonds. The standard InChI is InChI=1S/C15H15ClN2O3/c1-20-11-4-2-3-10(7-11)9-21-12-5-6-13(14(16)8-12)15(17)18-19/h2-8,19H,9H2,1H3,(H2,17,18). The van der Waals surface area contributed by atoms with Crippen LogP contribution in [0.5, 0.6) is 11.5 Å². The lowest BCUT2D eigenvalue weighted by Crippen LogP contribution is -2.13. The Morgan fingerprint density at radius 3 is 2.71 bits per heavy atom. The molecule has 0 fully saturated rings. The summed E-state index contributed by atoms with van der Waals surface area (Å²) in [5, 5.41) is 11.9. The molecule has 0 atom stereocenters. The summed E-state index contributed by atoms with van der Waals surface area (Å²) < 4.78 is 10.8. The van der Waals surface area contributed by atoms with Crippen molar-refractivity contribution in [3.05, 3.63) is 58.6 Å². The van der Waals surface area contributed by atoms with Gasteiger partial charge in [0.1, 0.15) is 18.1 Å². The number of amidine groups is 1. The quantitative estimate of drug-likeness (QED) is 0.385. The zero-order chi connectivity index (χ0) is 15.2. The van der Waals surface area contributed by atoms with Crippen molar-refractivity contribution in [3.8, 4) is 11.5 Å². The van der Waals surface area contributed by atoms with E-state index < -0.39 is 0 Å². The normalized spacial score (nSPS) is 11.2. The number of benzene rings is 2. The number of methoxy groups -OCH3 is 1. The summed E-state index contributed by atoms with van der Waals surface area (Å²) in [7, 11) is 1.62. The molecule has 2 aromatic carbocycles. The van der Waals surface area contributed by atoms with Crippen molar-refractivity contribution in [3.63, 3.8) is 0 Å². The van der Waals surface area contributed by atoms with Crippen molar-refractivity contribution in [2.24, 2.45) is 10.9 Å². The molecule has 0 bridgehead atoms. The second kappa shape index (κ2) is 6.85. The minimum Gasteiger partial charge on any atom is -0.497 e. The molecular formula is C15H15ClN2O3. The summed E-state index contributed by atoms with van der Waals surface area (Å²) in [6.45, 7) is 0.385. The topological polar surface area (TPSA) is 77.1 Å². The lowest BCUT2D eigenvalue weighted by molar-refractivity contribution is 0.305.